The second-order valence-electron chi connectivity index (χ2n) is 6.27. The Hall–Kier alpha value is -1.33. The summed E-state index contributed by atoms with van der Waals surface area (Å²) in [4.78, 5) is 14.7. The van der Waals surface area contributed by atoms with Crippen LogP contribution < -0.4 is 10.1 Å². The van der Waals surface area contributed by atoms with Crippen molar-refractivity contribution in [3.8, 4) is 5.75 Å². The molecule has 124 valence electrons. The first-order chi connectivity index (χ1) is 11.2. The normalized spacial score (nSPS) is 18.2. The van der Waals surface area contributed by atoms with Gasteiger partial charge in [0.2, 0.25) is 0 Å². The quantitative estimate of drug-likeness (QED) is 0.874. The second kappa shape index (κ2) is 7.49. The molecule has 23 heavy (non-hydrogen) atoms. The minimum atomic E-state index is 0.127. The minimum Gasteiger partial charge on any atom is -0.488 e. The third-order valence-corrected chi connectivity index (χ3v) is 5.16. The van der Waals surface area contributed by atoms with Gasteiger partial charge in [0.15, 0.2) is 0 Å². The largest absolute Gasteiger partial charge is 0.488 e. The van der Waals surface area contributed by atoms with E-state index in [1.165, 1.54) is 6.42 Å². The van der Waals surface area contributed by atoms with Crippen molar-refractivity contribution in [2.45, 2.75) is 19.3 Å². The fourth-order valence-electron chi connectivity index (χ4n) is 3.25. The van der Waals surface area contributed by atoms with Crippen molar-refractivity contribution in [1.29, 1.82) is 0 Å². The van der Waals surface area contributed by atoms with Crippen LogP contribution in [0.4, 0.5) is 0 Å². The average molecular weight is 379 g/mol. The van der Waals surface area contributed by atoms with Gasteiger partial charge in [-0.05, 0) is 63.0 Å². The number of piperidine rings is 1. The first-order valence-electron chi connectivity index (χ1n) is 8.24. The van der Waals surface area contributed by atoms with Gasteiger partial charge in [0, 0.05) is 23.1 Å². The van der Waals surface area contributed by atoms with Gasteiger partial charge in [-0.3, -0.25) is 4.79 Å². The molecule has 1 saturated heterocycles. The van der Waals surface area contributed by atoms with Crippen molar-refractivity contribution in [2.24, 2.45) is 5.92 Å². The van der Waals surface area contributed by atoms with E-state index in [1.54, 1.807) is 0 Å². The molecule has 5 heteroatoms. The van der Waals surface area contributed by atoms with Crippen LogP contribution in [0.1, 0.15) is 24.8 Å². The zero-order valence-electron chi connectivity index (χ0n) is 13.5. The summed E-state index contributed by atoms with van der Waals surface area (Å²) in [5.41, 5.74) is 1.72. The summed E-state index contributed by atoms with van der Waals surface area (Å²) in [7, 11) is 1.99. The van der Waals surface area contributed by atoms with E-state index in [-0.39, 0.29) is 5.91 Å². The van der Waals surface area contributed by atoms with Crippen LogP contribution in [0.3, 0.4) is 0 Å². The topological polar surface area (TPSA) is 41.6 Å². The molecule has 0 spiro atoms. The van der Waals surface area contributed by atoms with Crippen LogP contribution in [0, 0.1) is 5.92 Å². The number of rotatable bonds is 4. The summed E-state index contributed by atoms with van der Waals surface area (Å²) in [6.45, 7) is 3.14. The molecule has 0 radical (unpaired) electrons. The minimum absolute atomic E-state index is 0.127. The highest BCUT2D eigenvalue weighted by molar-refractivity contribution is 9.10. The number of hydrogen-bond acceptors (Lipinski definition) is 3. The zero-order chi connectivity index (χ0) is 16.2. The Labute approximate surface area is 146 Å². The van der Waals surface area contributed by atoms with Crippen LogP contribution >= 0.6 is 15.9 Å². The SMILES string of the molecule is CNCCC1CCN(C(=O)C2=Cc3cc(Br)ccc3OC2)CC1. The molecule has 1 aromatic carbocycles. The molecule has 0 aliphatic carbocycles. The van der Waals surface area contributed by atoms with E-state index in [4.69, 9.17) is 4.74 Å². The van der Waals surface area contributed by atoms with Crippen molar-refractivity contribution >= 4 is 27.9 Å². The number of fused-ring (bicyclic) bond motifs is 1. The van der Waals surface area contributed by atoms with Gasteiger partial charge in [-0.2, -0.15) is 0 Å². The first-order valence-corrected chi connectivity index (χ1v) is 9.03. The van der Waals surface area contributed by atoms with E-state index in [9.17, 15) is 4.79 Å². The number of halogens is 1. The molecular weight excluding hydrogens is 356 g/mol. The number of ether oxygens (including phenoxy) is 1. The fraction of sp³-hybridized carbons (Fsp3) is 0.500. The maximum atomic E-state index is 12.7. The predicted octanol–water partition coefficient (Wildman–Crippen LogP) is 3.07. The molecule has 1 fully saturated rings. The number of nitrogens with one attached hydrogen (secondary N) is 1. The Bertz CT molecular complexity index is 607. The number of benzene rings is 1. The lowest BCUT2D eigenvalue weighted by molar-refractivity contribution is -0.128. The number of amides is 1. The third kappa shape index (κ3) is 3.96. The van der Waals surface area contributed by atoms with E-state index in [1.807, 2.05) is 36.2 Å². The van der Waals surface area contributed by atoms with Gasteiger partial charge in [-0.1, -0.05) is 15.9 Å². The average Bonchev–Trinajstić information content (AvgIpc) is 2.59. The highest BCUT2D eigenvalue weighted by Crippen LogP contribution is 2.30. The van der Waals surface area contributed by atoms with E-state index in [0.29, 0.717) is 6.61 Å². The van der Waals surface area contributed by atoms with E-state index >= 15 is 0 Å². The van der Waals surface area contributed by atoms with Gasteiger partial charge in [0.05, 0.1) is 5.57 Å². The maximum Gasteiger partial charge on any atom is 0.253 e. The van der Waals surface area contributed by atoms with Crippen molar-refractivity contribution in [3.63, 3.8) is 0 Å². The summed E-state index contributed by atoms with van der Waals surface area (Å²) in [6.07, 6.45) is 5.37. The molecule has 0 unspecified atom stereocenters. The third-order valence-electron chi connectivity index (χ3n) is 4.66. The molecule has 2 aliphatic heterocycles. The Balaban J connectivity index is 1.63. The Morgan fingerprint density at radius 3 is 2.91 bits per heavy atom. The molecule has 0 atom stereocenters. The molecule has 0 aromatic heterocycles. The number of hydrogen-bond donors (Lipinski definition) is 1. The summed E-state index contributed by atoms with van der Waals surface area (Å²) in [6, 6.07) is 5.88. The van der Waals surface area contributed by atoms with Gasteiger partial charge < -0.3 is 15.0 Å². The second-order valence-corrected chi connectivity index (χ2v) is 7.18. The summed E-state index contributed by atoms with van der Waals surface area (Å²) >= 11 is 3.47. The molecule has 2 aliphatic rings. The maximum absolute atomic E-state index is 12.7. The van der Waals surface area contributed by atoms with Crippen LogP contribution in [0.15, 0.2) is 28.2 Å². The lowest BCUT2D eigenvalue weighted by atomic mass is 9.93. The zero-order valence-corrected chi connectivity index (χ0v) is 15.1. The van der Waals surface area contributed by atoms with E-state index in [2.05, 4.69) is 21.2 Å². The molecular formula is C18H23BrN2O2. The Kier molecular flexibility index (Phi) is 5.38. The monoisotopic (exact) mass is 378 g/mol. The van der Waals surface area contributed by atoms with Crippen LogP contribution in [0.5, 0.6) is 5.75 Å². The van der Waals surface area contributed by atoms with Crippen molar-refractivity contribution in [3.05, 3.63) is 33.8 Å². The molecule has 2 heterocycles. The number of likely N-dealkylation sites (tertiary alicyclic amines) is 1. The Morgan fingerprint density at radius 1 is 1.39 bits per heavy atom. The Morgan fingerprint density at radius 2 is 2.17 bits per heavy atom. The molecule has 0 saturated carbocycles. The van der Waals surface area contributed by atoms with Gasteiger partial charge >= 0.3 is 0 Å². The summed E-state index contributed by atoms with van der Waals surface area (Å²) in [5, 5.41) is 3.20. The molecule has 1 N–H and O–H groups in total. The van der Waals surface area contributed by atoms with Gasteiger partial charge in [-0.25, -0.2) is 0 Å². The number of carbonyl (C=O) groups is 1. The molecule has 3 rings (SSSR count). The highest BCUT2D eigenvalue weighted by Gasteiger charge is 2.26. The molecule has 0 bridgehead atoms. The van der Waals surface area contributed by atoms with Crippen LogP contribution in [0.2, 0.25) is 0 Å². The van der Waals surface area contributed by atoms with Crippen molar-refractivity contribution in [1.82, 2.24) is 10.2 Å². The molecule has 4 nitrogen and oxygen atoms in total. The number of carbonyl (C=O) groups excluding carboxylic acids is 1. The van der Waals surface area contributed by atoms with Gasteiger partial charge in [-0.15, -0.1) is 0 Å². The van der Waals surface area contributed by atoms with Crippen LogP contribution in [0.25, 0.3) is 6.08 Å². The summed E-state index contributed by atoms with van der Waals surface area (Å²) in [5.74, 6) is 1.71. The molecule has 1 aromatic rings. The van der Waals surface area contributed by atoms with Crippen molar-refractivity contribution in [2.75, 3.05) is 33.3 Å². The van der Waals surface area contributed by atoms with Crippen LogP contribution in [-0.4, -0.2) is 44.1 Å². The van der Waals surface area contributed by atoms with E-state index in [0.717, 1.165) is 59.8 Å². The van der Waals surface area contributed by atoms with Gasteiger partial charge in [0.1, 0.15) is 12.4 Å². The predicted molar refractivity (Wildman–Crippen MR) is 95.5 cm³/mol. The highest BCUT2D eigenvalue weighted by atomic mass is 79.9. The smallest absolute Gasteiger partial charge is 0.253 e. The van der Waals surface area contributed by atoms with E-state index < -0.39 is 0 Å². The van der Waals surface area contributed by atoms with Crippen LogP contribution in [-0.2, 0) is 4.79 Å². The van der Waals surface area contributed by atoms with Crippen molar-refractivity contribution < 1.29 is 9.53 Å². The van der Waals surface area contributed by atoms with Gasteiger partial charge in [0.25, 0.3) is 5.91 Å². The lowest BCUT2D eigenvalue weighted by Gasteiger charge is -2.33. The lowest BCUT2D eigenvalue weighted by Crippen LogP contribution is -2.40. The summed E-state index contributed by atoms with van der Waals surface area (Å²) < 4.78 is 6.73. The molecule has 1 amide bonds. The first kappa shape index (κ1) is 16.5. The standard InChI is InChI=1S/C18H23BrN2O2/c1-20-7-4-13-5-8-21(9-6-13)18(22)15-10-14-11-16(19)2-3-17(14)23-12-15/h2-3,10-11,13,20H,4-9,12H2,1H3. The number of nitrogens with zero attached hydrogens (tertiary/aromatic N) is 1. The fourth-order valence-corrected chi connectivity index (χ4v) is 3.63.